The first kappa shape index (κ1) is 19.8. The number of carbonyl (C=O) groups excluding carboxylic acids is 1. The van der Waals surface area contributed by atoms with Crippen molar-refractivity contribution in [2.24, 2.45) is 0 Å². The van der Waals surface area contributed by atoms with E-state index in [2.05, 4.69) is 15.4 Å². The van der Waals surface area contributed by atoms with Crippen LogP contribution in [0.1, 0.15) is 0 Å². The highest BCUT2D eigenvalue weighted by Crippen LogP contribution is 2.25. The van der Waals surface area contributed by atoms with E-state index in [1.807, 2.05) is 60.7 Å². The molecule has 0 fully saturated rings. The molecule has 0 aliphatic heterocycles. The molecule has 0 saturated heterocycles. The number of amides is 1. The minimum absolute atomic E-state index is 0.0240. The van der Waals surface area contributed by atoms with Gasteiger partial charge in [-0.1, -0.05) is 60.3 Å². The van der Waals surface area contributed by atoms with Gasteiger partial charge in [-0.2, -0.15) is 0 Å². The molecular formula is C22H16F2N4OS. The molecule has 0 spiro atoms. The Kier molecular flexibility index (Phi) is 5.85. The maximum absolute atomic E-state index is 13.7. The number of halogens is 2. The molecule has 3 aromatic carbocycles. The number of rotatable bonds is 6. The third kappa shape index (κ3) is 4.55. The Hall–Kier alpha value is -3.52. The highest BCUT2D eigenvalue weighted by atomic mass is 32.2. The Morgan fingerprint density at radius 2 is 1.67 bits per heavy atom. The van der Waals surface area contributed by atoms with Gasteiger partial charge in [-0.3, -0.25) is 4.79 Å². The Bertz CT molecular complexity index is 1110. The second-order valence-corrected chi connectivity index (χ2v) is 7.23. The summed E-state index contributed by atoms with van der Waals surface area (Å²) in [5.41, 5.74) is 1.65. The van der Waals surface area contributed by atoms with Gasteiger partial charge in [0.1, 0.15) is 11.6 Å². The number of hydrogen-bond acceptors (Lipinski definition) is 4. The van der Waals surface area contributed by atoms with E-state index in [0.29, 0.717) is 11.0 Å². The lowest BCUT2D eigenvalue weighted by Crippen LogP contribution is -2.15. The second kappa shape index (κ2) is 8.87. The van der Waals surface area contributed by atoms with Crippen LogP contribution in [0.3, 0.4) is 0 Å². The van der Waals surface area contributed by atoms with E-state index in [1.54, 1.807) is 4.68 Å². The fourth-order valence-electron chi connectivity index (χ4n) is 2.78. The van der Waals surface area contributed by atoms with Crippen LogP contribution in [0, 0.1) is 11.6 Å². The van der Waals surface area contributed by atoms with Crippen molar-refractivity contribution in [3.05, 3.63) is 90.5 Å². The zero-order valence-electron chi connectivity index (χ0n) is 15.6. The van der Waals surface area contributed by atoms with E-state index < -0.39 is 17.5 Å². The summed E-state index contributed by atoms with van der Waals surface area (Å²) in [6, 6.07) is 22.2. The Labute approximate surface area is 175 Å². The summed E-state index contributed by atoms with van der Waals surface area (Å²) in [6.45, 7) is 0. The van der Waals surface area contributed by atoms with Crippen molar-refractivity contribution in [2.45, 2.75) is 5.16 Å². The average Bonchev–Trinajstić information content (AvgIpc) is 3.20. The molecule has 1 heterocycles. The molecule has 0 bridgehead atoms. The largest absolute Gasteiger partial charge is 0.323 e. The fourth-order valence-corrected chi connectivity index (χ4v) is 3.41. The molecule has 1 aromatic heterocycles. The summed E-state index contributed by atoms with van der Waals surface area (Å²) >= 11 is 1.13. The van der Waals surface area contributed by atoms with Gasteiger partial charge in [0.15, 0.2) is 5.82 Å². The van der Waals surface area contributed by atoms with Crippen LogP contribution in [0.5, 0.6) is 0 Å². The quantitative estimate of drug-likeness (QED) is 0.447. The van der Waals surface area contributed by atoms with Gasteiger partial charge < -0.3 is 5.32 Å². The van der Waals surface area contributed by atoms with Crippen LogP contribution in [0.4, 0.5) is 14.5 Å². The van der Waals surface area contributed by atoms with Crippen LogP contribution in [0.25, 0.3) is 17.1 Å². The third-order valence-corrected chi connectivity index (χ3v) is 5.00. The molecule has 0 aliphatic rings. The maximum Gasteiger partial charge on any atom is 0.234 e. The SMILES string of the molecule is O=C(CSc1nc(-c2ccccc2)n(-c2ccccc2)n1)Nc1ccc(F)cc1F. The molecule has 0 unspecified atom stereocenters. The lowest BCUT2D eigenvalue weighted by Gasteiger charge is -2.05. The topological polar surface area (TPSA) is 59.8 Å². The fraction of sp³-hybridized carbons (Fsp3) is 0.0455. The summed E-state index contributed by atoms with van der Waals surface area (Å²) in [6.07, 6.45) is 0. The Morgan fingerprint density at radius 3 is 2.37 bits per heavy atom. The lowest BCUT2D eigenvalue weighted by atomic mass is 10.2. The third-order valence-electron chi connectivity index (χ3n) is 4.16. The van der Waals surface area contributed by atoms with Gasteiger partial charge in [0.05, 0.1) is 17.1 Å². The molecule has 0 saturated carbocycles. The number of anilines is 1. The van der Waals surface area contributed by atoms with E-state index >= 15 is 0 Å². The zero-order chi connectivity index (χ0) is 20.9. The van der Waals surface area contributed by atoms with Crippen LogP contribution in [0.2, 0.25) is 0 Å². The van der Waals surface area contributed by atoms with Crippen molar-refractivity contribution in [3.63, 3.8) is 0 Å². The summed E-state index contributed by atoms with van der Waals surface area (Å²) in [4.78, 5) is 16.8. The van der Waals surface area contributed by atoms with Crippen molar-refractivity contribution >= 4 is 23.4 Å². The second-order valence-electron chi connectivity index (χ2n) is 6.29. The van der Waals surface area contributed by atoms with Crippen LogP contribution in [-0.4, -0.2) is 26.4 Å². The number of aromatic nitrogens is 3. The molecule has 1 N–H and O–H groups in total. The molecule has 1 amide bonds. The smallest absolute Gasteiger partial charge is 0.234 e. The average molecular weight is 422 g/mol. The van der Waals surface area contributed by atoms with Crippen LogP contribution < -0.4 is 5.32 Å². The molecule has 0 atom stereocenters. The first-order valence-electron chi connectivity index (χ1n) is 9.06. The molecule has 4 aromatic rings. The molecule has 4 rings (SSSR count). The number of benzene rings is 3. The van der Waals surface area contributed by atoms with Crippen LogP contribution in [0.15, 0.2) is 84.0 Å². The first-order valence-corrected chi connectivity index (χ1v) is 10.0. The number of hydrogen-bond donors (Lipinski definition) is 1. The lowest BCUT2D eigenvalue weighted by molar-refractivity contribution is -0.113. The first-order chi connectivity index (χ1) is 14.6. The zero-order valence-corrected chi connectivity index (χ0v) is 16.4. The molecular weight excluding hydrogens is 406 g/mol. The molecule has 0 aliphatic carbocycles. The van der Waals surface area contributed by atoms with E-state index in [0.717, 1.165) is 35.1 Å². The predicted molar refractivity (Wildman–Crippen MR) is 113 cm³/mol. The van der Waals surface area contributed by atoms with Crippen LogP contribution in [-0.2, 0) is 4.79 Å². The molecule has 0 radical (unpaired) electrons. The van der Waals surface area contributed by atoms with E-state index in [9.17, 15) is 13.6 Å². The number of nitrogens with zero attached hydrogens (tertiary/aromatic N) is 3. The standard InChI is InChI=1S/C22H16F2N4OS/c23-16-11-12-19(18(24)13-16)25-20(29)14-30-22-26-21(15-7-3-1-4-8-15)28(27-22)17-9-5-2-6-10-17/h1-13H,14H2,(H,25,29). The van der Waals surface area contributed by atoms with Gasteiger partial charge >= 0.3 is 0 Å². The monoisotopic (exact) mass is 422 g/mol. The van der Waals surface area contributed by atoms with Gasteiger partial charge in [-0.05, 0) is 24.3 Å². The van der Waals surface area contributed by atoms with Crippen molar-refractivity contribution in [3.8, 4) is 17.1 Å². The normalized spacial score (nSPS) is 10.7. The Morgan fingerprint density at radius 1 is 0.967 bits per heavy atom. The van der Waals surface area contributed by atoms with Crippen molar-refractivity contribution < 1.29 is 13.6 Å². The molecule has 150 valence electrons. The summed E-state index contributed by atoms with van der Waals surface area (Å²) in [5, 5.41) is 7.37. The molecule has 5 nitrogen and oxygen atoms in total. The van der Waals surface area contributed by atoms with Gasteiger partial charge in [0, 0.05) is 11.6 Å². The number of nitrogens with one attached hydrogen (secondary N) is 1. The van der Waals surface area contributed by atoms with Gasteiger partial charge in [0.2, 0.25) is 11.1 Å². The van der Waals surface area contributed by atoms with Crippen LogP contribution >= 0.6 is 11.8 Å². The minimum atomic E-state index is -0.828. The van der Waals surface area contributed by atoms with Gasteiger partial charge in [-0.25, -0.2) is 18.4 Å². The van der Waals surface area contributed by atoms with Crippen molar-refractivity contribution in [1.29, 1.82) is 0 Å². The summed E-state index contributed by atoms with van der Waals surface area (Å²) < 4.78 is 28.4. The maximum atomic E-state index is 13.7. The summed E-state index contributed by atoms with van der Waals surface area (Å²) in [5.74, 6) is -1.35. The predicted octanol–water partition coefficient (Wildman–Crippen LogP) is 4.94. The van der Waals surface area contributed by atoms with E-state index in [4.69, 9.17) is 0 Å². The Balaban J connectivity index is 1.53. The number of thioether (sulfide) groups is 1. The van der Waals surface area contributed by atoms with E-state index in [1.165, 1.54) is 6.07 Å². The van der Waals surface area contributed by atoms with Crippen molar-refractivity contribution in [2.75, 3.05) is 11.1 Å². The van der Waals surface area contributed by atoms with Gasteiger partial charge in [-0.15, -0.1) is 5.10 Å². The molecule has 30 heavy (non-hydrogen) atoms. The van der Waals surface area contributed by atoms with Crippen molar-refractivity contribution in [1.82, 2.24) is 14.8 Å². The number of para-hydroxylation sites is 1. The number of carbonyl (C=O) groups is 1. The van der Waals surface area contributed by atoms with Gasteiger partial charge in [0.25, 0.3) is 0 Å². The van der Waals surface area contributed by atoms with E-state index in [-0.39, 0.29) is 11.4 Å². The molecule has 8 heteroatoms. The minimum Gasteiger partial charge on any atom is -0.323 e. The highest BCUT2D eigenvalue weighted by Gasteiger charge is 2.15. The highest BCUT2D eigenvalue weighted by molar-refractivity contribution is 7.99. The summed E-state index contributed by atoms with van der Waals surface area (Å²) in [7, 11) is 0.